The van der Waals surface area contributed by atoms with Crippen LogP contribution in [-0.2, 0) is 19.1 Å². The molecule has 0 aromatic rings. The van der Waals surface area contributed by atoms with E-state index in [1.165, 1.54) is 62.5 Å². The topological polar surface area (TPSA) is 52.6 Å². The van der Waals surface area contributed by atoms with E-state index in [0.29, 0.717) is 84.0 Å². The number of Topliss-reactive ketones (excluding diaryl/α,β-unsaturated/α-hetero) is 2. The molecule has 4 nitrogen and oxygen atoms in total. The van der Waals surface area contributed by atoms with Crippen LogP contribution in [0, 0.1) is 74.4 Å². The van der Waals surface area contributed by atoms with Gasteiger partial charge in [-0.2, -0.15) is 0 Å². The van der Waals surface area contributed by atoms with Crippen molar-refractivity contribution >= 4 is 11.6 Å². The van der Waals surface area contributed by atoms with Gasteiger partial charge in [0.05, 0.1) is 31.0 Å². The quantitative estimate of drug-likeness (QED) is 0.280. The lowest BCUT2D eigenvalue weighted by molar-refractivity contribution is -0.195. The van der Waals surface area contributed by atoms with Crippen molar-refractivity contribution < 1.29 is 19.1 Å². The molecular formula is C40H56O4. The van der Waals surface area contributed by atoms with E-state index in [1.807, 2.05) is 0 Å². The lowest BCUT2D eigenvalue weighted by atomic mass is 9.37. The van der Waals surface area contributed by atoms with Crippen LogP contribution in [0.3, 0.4) is 0 Å². The van der Waals surface area contributed by atoms with Gasteiger partial charge >= 0.3 is 0 Å². The third kappa shape index (κ3) is 3.26. The van der Waals surface area contributed by atoms with E-state index in [9.17, 15) is 4.79 Å². The maximum Gasteiger partial charge on any atom is 0.159 e. The van der Waals surface area contributed by atoms with Crippen LogP contribution in [0.25, 0.3) is 0 Å². The van der Waals surface area contributed by atoms with Gasteiger partial charge in [0.1, 0.15) is 5.78 Å². The van der Waals surface area contributed by atoms with Gasteiger partial charge in [0.2, 0.25) is 0 Å². The molecule has 44 heavy (non-hydrogen) atoms. The van der Waals surface area contributed by atoms with Crippen molar-refractivity contribution in [3.05, 3.63) is 23.0 Å². The largest absolute Gasteiger partial charge is 0.501 e. The highest BCUT2D eigenvalue weighted by Gasteiger charge is 2.73. The monoisotopic (exact) mass is 600 g/mol. The molecule has 10 rings (SSSR count). The molecule has 0 aromatic heterocycles. The van der Waals surface area contributed by atoms with Crippen LogP contribution >= 0.6 is 0 Å². The molecule has 5 saturated carbocycles. The normalized spacial score (nSPS) is 53.0. The highest BCUT2D eigenvalue weighted by Crippen LogP contribution is 2.73. The molecule has 1 saturated heterocycles. The van der Waals surface area contributed by atoms with E-state index in [4.69, 9.17) is 9.47 Å². The van der Waals surface area contributed by atoms with Gasteiger partial charge in [0.25, 0.3) is 0 Å². The summed E-state index contributed by atoms with van der Waals surface area (Å²) >= 11 is 0. The van der Waals surface area contributed by atoms with Gasteiger partial charge in [-0.15, -0.1) is 0 Å². The summed E-state index contributed by atoms with van der Waals surface area (Å²) in [5.74, 6) is 3.73. The summed E-state index contributed by atoms with van der Waals surface area (Å²) in [4.78, 5) is 29.6. The SMILES string of the molecule is CC1(C)CCC[C@@]2(C)[C@@H]1CC[C@H]1C3=COC[C@@H]4[C@H]5CO[C@H](C6=C5C(=O)C[C@@H]5[C@H]6CC[C@H]6C(C)(C)CCC[C@]56C)[C@@]34C(=O)C[C@@H]12. The average Bonchev–Trinajstić information content (AvgIpc) is 2.97. The maximum atomic E-state index is 15.2. The molecule has 7 aliphatic carbocycles. The molecule has 0 amide bonds. The molecular weight excluding hydrogens is 544 g/mol. The Hall–Kier alpha value is -1.42. The highest BCUT2D eigenvalue weighted by atomic mass is 16.5. The molecule has 2 bridgehead atoms. The van der Waals surface area contributed by atoms with Gasteiger partial charge in [0, 0.05) is 30.3 Å². The Labute approximate surface area is 265 Å². The first kappa shape index (κ1) is 28.8. The minimum Gasteiger partial charge on any atom is -0.501 e. The standard InChI is InChI=1S/C40H56O4/c1-36(2)14-8-16-39(6)26-18-32(42)40-27(22(26)9-11-30(36)39)20-43-21-28(40)24-19-44-35(40)34-23-10-12-31-37(3,4)13-7-15-38(31,5)25(23)17-29(41)33(24)34/h20,22-26,28,30-31,35H,7-19,21H2,1-6H3/t22-,23-,24-,25-,26+,28-,30-,31+,35-,38-,39-,40+/m1/s1. The number of hydrogen-bond acceptors (Lipinski definition) is 4. The number of rotatable bonds is 0. The molecule has 0 radical (unpaired) electrons. The van der Waals surface area contributed by atoms with Gasteiger partial charge in [0.15, 0.2) is 5.78 Å². The fourth-order valence-corrected chi connectivity index (χ4v) is 15.4. The Kier molecular flexibility index (Phi) is 5.84. The molecule has 0 unspecified atom stereocenters. The molecule has 0 N–H and O–H groups in total. The average molecular weight is 601 g/mol. The van der Waals surface area contributed by atoms with Crippen molar-refractivity contribution in [3.63, 3.8) is 0 Å². The second-order valence-electron chi connectivity index (χ2n) is 19.2. The summed E-state index contributed by atoms with van der Waals surface area (Å²) in [5, 5.41) is 0. The zero-order valence-electron chi connectivity index (χ0n) is 28.3. The molecule has 12 atom stereocenters. The summed E-state index contributed by atoms with van der Waals surface area (Å²) in [5.41, 5.74) is 4.11. The number of fused-ring (bicyclic) bond motifs is 8. The first-order chi connectivity index (χ1) is 20.9. The van der Waals surface area contributed by atoms with Crippen LogP contribution in [0.5, 0.6) is 0 Å². The first-order valence-electron chi connectivity index (χ1n) is 18.6. The molecule has 240 valence electrons. The highest BCUT2D eigenvalue weighted by molar-refractivity contribution is 6.01. The summed E-state index contributed by atoms with van der Waals surface area (Å²) < 4.78 is 13.4. The zero-order chi connectivity index (χ0) is 30.6. The summed E-state index contributed by atoms with van der Waals surface area (Å²) in [7, 11) is 0. The fraction of sp³-hybridized carbons (Fsp3) is 0.850. The second kappa shape index (κ2) is 8.93. The van der Waals surface area contributed by atoms with Crippen LogP contribution in [0.2, 0.25) is 0 Å². The first-order valence-corrected chi connectivity index (χ1v) is 18.6. The lowest BCUT2D eigenvalue weighted by Gasteiger charge is -2.68. The van der Waals surface area contributed by atoms with E-state index in [1.54, 1.807) is 0 Å². The number of ether oxygens (including phenoxy) is 2. The Bertz CT molecular complexity index is 1380. The zero-order valence-corrected chi connectivity index (χ0v) is 28.3. The van der Waals surface area contributed by atoms with Crippen molar-refractivity contribution in [3.8, 4) is 0 Å². The van der Waals surface area contributed by atoms with Gasteiger partial charge in [-0.25, -0.2) is 0 Å². The minimum atomic E-state index is -0.625. The number of ketones is 2. The van der Waals surface area contributed by atoms with Crippen molar-refractivity contribution in [1.82, 2.24) is 0 Å². The maximum absolute atomic E-state index is 15.2. The van der Waals surface area contributed by atoms with Crippen LogP contribution in [0.4, 0.5) is 0 Å². The van der Waals surface area contributed by atoms with Crippen LogP contribution in [0.1, 0.15) is 119 Å². The molecule has 10 aliphatic rings. The molecule has 1 spiro atoms. The molecule has 0 aromatic carbocycles. The predicted octanol–water partition coefficient (Wildman–Crippen LogP) is 8.49. The number of hydrogen-bond donors (Lipinski definition) is 0. The third-order valence-corrected chi connectivity index (χ3v) is 17.0. The molecule has 4 heteroatoms. The molecule has 6 fully saturated rings. The minimum absolute atomic E-state index is 0.00140. The summed E-state index contributed by atoms with van der Waals surface area (Å²) in [6.45, 7) is 16.2. The van der Waals surface area contributed by atoms with Crippen LogP contribution in [0.15, 0.2) is 23.0 Å². The van der Waals surface area contributed by atoms with E-state index >= 15 is 4.79 Å². The fourth-order valence-electron chi connectivity index (χ4n) is 15.4. The van der Waals surface area contributed by atoms with Crippen molar-refractivity contribution in [2.75, 3.05) is 13.2 Å². The third-order valence-electron chi connectivity index (χ3n) is 17.0. The second-order valence-corrected chi connectivity index (χ2v) is 19.2. The molecule has 3 heterocycles. The summed E-state index contributed by atoms with van der Waals surface area (Å²) in [6, 6.07) is 0. The number of carbonyl (C=O) groups is 2. The Morgan fingerprint density at radius 3 is 1.95 bits per heavy atom. The van der Waals surface area contributed by atoms with E-state index in [2.05, 4.69) is 47.8 Å². The van der Waals surface area contributed by atoms with Gasteiger partial charge in [-0.3, -0.25) is 9.59 Å². The van der Waals surface area contributed by atoms with Crippen molar-refractivity contribution in [2.24, 2.45) is 74.4 Å². The van der Waals surface area contributed by atoms with Crippen molar-refractivity contribution in [2.45, 2.75) is 125 Å². The Morgan fingerprint density at radius 2 is 1.30 bits per heavy atom. The van der Waals surface area contributed by atoms with Crippen LogP contribution < -0.4 is 0 Å². The Balaban J connectivity index is 1.15. The van der Waals surface area contributed by atoms with Gasteiger partial charge in [-0.05, 0) is 120 Å². The smallest absolute Gasteiger partial charge is 0.159 e. The lowest BCUT2D eigenvalue weighted by Crippen LogP contribution is -2.70. The van der Waals surface area contributed by atoms with Gasteiger partial charge < -0.3 is 9.47 Å². The number of carbonyl (C=O) groups excluding carboxylic acids is 2. The summed E-state index contributed by atoms with van der Waals surface area (Å²) in [6.07, 6.45) is 15.6. The van der Waals surface area contributed by atoms with Crippen molar-refractivity contribution in [1.29, 1.82) is 0 Å². The van der Waals surface area contributed by atoms with Gasteiger partial charge in [-0.1, -0.05) is 54.4 Å². The van der Waals surface area contributed by atoms with E-state index in [0.717, 1.165) is 18.4 Å². The van der Waals surface area contributed by atoms with E-state index in [-0.39, 0.29) is 28.8 Å². The Morgan fingerprint density at radius 1 is 0.682 bits per heavy atom. The predicted molar refractivity (Wildman–Crippen MR) is 170 cm³/mol. The molecule has 3 aliphatic heterocycles. The van der Waals surface area contributed by atoms with E-state index < -0.39 is 5.41 Å². The van der Waals surface area contributed by atoms with Crippen LogP contribution in [-0.4, -0.2) is 30.9 Å².